The van der Waals surface area contributed by atoms with Crippen molar-refractivity contribution in [2.45, 2.75) is 32.6 Å². The molecule has 4 rings (SSSR count). The van der Waals surface area contributed by atoms with Gasteiger partial charge in [-0.05, 0) is 48.6 Å². The molecule has 0 aliphatic heterocycles. The van der Waals surface area contributed by atoms with Crippen molar-refractivity contribution in [3.8, 4) is 0 Å². The first-order chi connectivity index (χ1) is 11.8. The Morgan fingerprint density at radius 2 is 1.00 bits per heavy atom. The summed E-state index contributed by atoms with van der Waals surface area (Å²) in [7, 11) is 0. The average Bonchev–Trinajstić information content (AvgIpc) is 2.62. The van der Waals surface area contributed by atoms with Gasteiger partial charge in [0, 0.05) is 9.79 Å². The molecule has 24 heavy (non-hydrogen) atoms. The minimum absolute atomic E-state index is 0.239. The molecule has 0 bridgehead atoms. The quantitative estimate of drug-likeness (QED) is 0.463. The summed E-state index contributed by atoms with van der Waals surface area (Å²) < 4.78 is 0.239. The van der Waals surface area contributed by atoms with E-state index in [0.717, 1.165) is 0 Å². The van der Waals surface area contributed by atoms with Gasteiger partial charge in [-0.2, -0.15) is 0 Å². The predicted molar refractivity (Wildman–Crippen MR) is 106 cm³/mol. The highest BCUT2D eigenvalue weighted by atomic mass is 32.2. The fraction of sp³-hybridized carbons (Fsp3) is 0.182. The van der Waals surface area contributed by atoms with Crippen LogP contribution in [0, 0.1) is 0 Å². The highest BCUT2D eigenvalue weighted by Crippen LogP contribution is 2.62. The van der Waals surface area contributed by atoms with Gasteiger partial charge in [-0.25, -0.2) is 0 Å². The number of thioether (sulfide) groups is 2. The lowest BCUT2D eigenvalue weighted by molar-refractivity contribution is 0.404. The lowest BCUT2D eigenvalue weighted by Crippen LogP contribution is -2.36. The SMILES string of the molecule is c1ccc(SC2(Sc3ccccc3)CC(c3ccccc3)C2)cc1. The highest BCUT2D eigenvalue weighted by Gasteiger charge is 2.46. The Labute approximate surface area is 152 Å². The topological polar surface area (TPSA) is 0 Å². The first kappa shape index (κ1) is 15.9. The predicted octanol–water partition coefficient (Wildman–Crippen LogP) is 6.84. The number of benzene rings is 3. The Morgan fingerprint density at radius 1 is 0.583 bits per heavy atom. The largest absolute Gasteiger partial charge is 0.108 e. The lowest BCUT2D eigenvalue weighted by atomic mass is 9.79. The van der Waals surface area contributed by atoms with Gasteiger partial charge in [0.15, 0.2) is 0 Å². The van der Waals surface area contributed by atoms with Gasteiger partial charge in [0.2, 0.25) is 0 Å². The summed E-state index contributed by atoms with van der Waals surface area (Å²) in [6.45, 7) is 0. The first-order valence-electron chi connectivity index (χ1n) is 8.36. The molecule has 120 valence electrons. The van der Waals surface area contributed by atoms with Crippen LogP contribution in [0.4, 0.5) is 0 Å². The van der Waals surface area contributed by atoms with E-state index in [-0.39, 0.29) is 4.08 Å². The van der Waals surface area contributed by atoms with Gasteiger partial charge >= 0.3 is 0 Å². The van der Waals surface area contributed by atoms with Crippen LogP contribution in [0.2, 0.25) is 0 Å². The van der Waals surface area contributed by atoms with Crippen LogP contribution in [-0.2, 0) is 0 Å². The molecule has 0 amide bonds. The summed E-state index contributed by atoms with van der Waals surface area (Å²) in [6, 6.07) is 32.6. The Bertz CT molecular complexity index is 719. The second-order valence-electron chi connectivity index (χ2n) is 6.26. The average molecular weight is 349 g/mol. The summed E-state index contributed by atoms with van der Waals surface area (Å²) in [5.41, 5.74) is 1.48. The van der Waals surface area contributed by atoms with E-state index >= 15 is 0 Å². The summed E-state index contributed by atoms with van der Waals surface area (Å²) in [5.74, 6) is 0.679. The second-order valence-corrected chi connectivity index (χ2v) is 9.43. The van der Waals surface area contributed by atoms with Crippen molar-refractivity contribution in [3.05, 3.63) is 96.6 Å². The van der Waals surface area contributed by atoms with Crippen LogP contribution in [0.15, 0.2) is 101 Å². The maximum atomic E-state index is 2.27. The third-order valence-corrected chi connectivity index (χ3v) is 7.41. The summed E-state index contributed by atoms with van der Waals surface area (Å²) >= 11 is 4.07. The van der Waals surface area contributed by atoms with E-state index in [1.807, 2.05) is 23.5 Å². The molecule has 0 saturated heterocycles. The molecule has 3 aromatic rings. The molecule has 2 heteroatoms. The monoisotopic (exact) mass is 348 g/mol. The molecule has 0 aromatic heterocycles. The van der Waals surface area contributed by atoms with E-state index in [0.29, 0.717) is 5.92 Å². The maximum absolute atomic E-state index is 2.27. The van der Waals surface area contributed by atoms with Crippen molar-refractivity contribution >= 4 is 23.5 Å². The van der Waals surface area contributed by atoms with E-state index in [1.54, 1.807) is 0 Å². The minimum Gasteiger partial charge on any atom is -0.108 e. The molecule has 1 aliphatic rings. The second kappa shape index (κ2) is 7.08. The summed E-state index contributed by atoms with van der Waals surface area (Å²) in [4.78, 5) is 2.74. The number of rotatable bonds is 5. The number of hydrogen-bond acceptors (Lipinski definition) is 2. The molecule has 0 spiro atoms. The van der Waals surface area contributed by atoms with Crippen LogP contribution in [0.1, 0.15) is 24.3 Å². The van der Waals surface area contributed by atoms with Crippen molar-refractivity contribution in [1.82, 2.24) is 0 Å². The molecule has 1 fully saturated rings. The van der Waals surface area contributed by atoms with Gasteiger partial charge in [0.05, 0.1) is 4.08 Å². The normalized spacial score (nSPS) is 16.5. The van der Waals surface area contributed by atoms with Gasteiger partial charge in [-0.3, -0.25) is 0 Å². The van der Waals surface area contributed by atoms with E-state index in [2.05, 4.69) is 91.0 Å². The van der Waals surface area contributed by atoms with E-state index in [4.69, 9.17) is 0 Å². The zero-order chi connectivity index (χ0) is 16.2. The Balaban J connectivity index is 1.55. The zero-order valence-corrected chi connectivity index (χ0v) is 15.1. The molecule has 0 unspecified atom stereocenters. The Hall–Kier alpha value is -1.64. The molecule has 0 radical (unpaired) electrons. The molecule has 3 aromatic carbocycles. The number of hydrogen-bond donors (Lipinski definition) is 0. The fourth-order valence-electron chi connectivity index (χ4n) is 3.25. The molecule has 0 heterocycles. The molecule has 0 atom stereocenters. The standard InChI is InChI=1S/C22H20S2/c1-4-10-18(11-5-1)19-16-22(17-19,23-20-12-6-2-7-13-20)24-21-14-8-3-9-15-21/h1-15,19H,16-17H2. The third kappa shape index (κ3) is 3.55. The summed E-state index contributed by atoms with van der Waals surface area (Å²) in [6.07, 6.45) is 2.44. The molecule has 0 N–H and O–H groups in total. The Kier molecular flexibility index (Phi) is 4.68. The van der Waals surface area contributed by atoms with Crippen LogP contribution >= 0.6 is 23.5 Å². The zero-order valence-electron chi connectivity index (χ0n) is 13.5. The van der Waals surface area contributed by atoms with Crippen LogP contribution < -0.4 is 0 Å². The van der Waals surface area contributed by atoms with Crippen molar-refractivity contribution < 1.29 is 0 Å². The van der Waals surface area contributed by atoms with Crippen LogP contribution in [0.25, 0.3) is 0 Å². The Morgan fingerprint density at radius 3 is 1.46 bits per heavy atom. The van der Waals surface area contributed by atoms with Gasteiger partial charge in [-0.15, -0.1) is 23.5 Å². The van der Waals surface area contributed by atoms with Gasteiger partial charge in [-0.1, -0.05) is 66.7 Å². The van der Waals surface area contributed by atoms with Crippen LogP contribution in [0.3, 0.4) is 0 Å². The van der Waals surface area contributed by atoms with Gasteiger partial charge < -0.3 is 0 Å². The van der Waals surface area contributed by atoms with Crippen molar-refractivity contribution in [2.75, 3.05) is 0 Å². The van der Waals surface area contributed by atoms with E-state index < -0.39 is 0 Å². The van der Waals surface area contributed by atoms with Crippen LogP contribution in [-0.4, -0.2) is 4.08 Å². The van der Waals surface area contributed by atoms with Gasteiger partial charge in [0.25, 0.3) is 0 Å². The first-order valence-corrected chi connectivity index (χ1v) is 9.99. The molecular weight excluding hydrogens is 328 g/mol. The molecular formula is C22H20S2. The molecule has 1 saturated carbocycles. The van der Waals surface area contributed by atoms with E-state index in [9.17, 15) is 0 Å². The maximum Gasteiger partial charge on any atom is 0.0716 e. The fourth-order valence-corrected chi connectivity index (χ4v) is 6.57. The third-order valence-electron chi connectivity index (χ3n) is 4.48. The van der Waals surface area contributed by atoms with Crippen molar-refractivity contribution in [3.63, 3.8) is 0 Å². The van der Waals surface area contributed by atoms with Crippen molar-refractivity contribution in [1.29, 1.82) is 0 Å². The van der Waals surface area contributed by atoms with Crippen molar-refractivity contribution in [2.24, 2.45) is 0 Å². The molecule has 0 nitrogen and oxygen atoms in total. The highest BCUT2D eigenvalue weighted by molar-refractivity contribution is 8.18. The van der Waals surface area contributed by atoms with E-state index in [1.165, 1.54) is 28.2 Å². The lowest BCUT2D eigenvalue weighted by Gasteiger charge is -2.47. The summed E-state index contributed by atoms with van der Waals surface area (Å²) in [5, 5.41) is 0. The van der Waals surface area contributed by atoms with Gasteiger partial charge in [0.1, 0.15) is 0 Å². The van der Waals surface area contributed by atoms with Crippen LogP contribution in [0.5, 0.6) is 0 Å². The molecule has 1 aliphatic carbocycles. The smallest absolute Gasteiger partial charge is 0.0716 e. The minimum atomic E-state index is 0.239.